The Morgan fingerprint density at radius 3 is 3.00 bits per heavy atom. The summed E-state index contributed by atoms with van der Waals surface area (Å²) >= 11 is 0. The predicted octanol–water partition coefficient (Wildman–Crippen LogP) is -0.229. The second kappa shape index (κ2) is 4.90. The van der Waals surface area contributed by atoms with E-state index in [1.165, 1.54) is 12.1 Å². The summed E-state index contributed by atoms with van der Waals surface area (Å²) in [6.07, 6.45) is -0.658. The second-order valence-corrected chi connectivity index (χ2v) is 4.25. The molecule has 1 saturated heterocycles. The zero-order valence-electron chi connectivity index (χ0n) is 9.56. The quantitative estimate of drug-likeness (QED) is 0.692. The van der Waals surface area contributed by atoms with E-state index in [1.807, 2.05) is 0 Å². The van der Waals surface area contributed by atoms with E-state index in [9.17, 15) is 9.50 Å². The first kappa shape index (κ1) is 12.8. The number of ether oxygens (including phenoxy) is 1. The summed E-state index contributed by atoms with van der Waals surface area (Å²) in [6, 6.07) is 5.57. The molecule has 1 fully saturated rings. The largest absolute Gasteiger partial charge is 0.486 e. The van der Waals surface area contributed by atoms with Gasteiger partial charge in [-0.2, -0.15) is 5.26 Å². The molecule has 1 aromatic carbocycles. The minimum absolute atomic E-state index is 0.0654. The lowest BCUT2D eigenvalue weighted by molar-refractivity contribution is -0.0632. The molecule has 6 heteroatoms. The van der Waals surface area contributed by atoms with Gasteiger partial charge in [0.05, 0.1) is 12.2 Å². The molecule has 1 heterocycles. The van der Waals surface area contributed by atoms with Gasteiger partial charge in [-0.3, -0.25) is 0 Å². The zero-order valence-corrected chi connectivity index (χ0v) is 9.56. The van der Waals surface area contributed by atoms with Gasteiger partial charge in [-0.1, -0.05) is 0 Å². The molecule has 0 radical (unpaired) electrons. The van der Waals surface area contributed by atoms with Crippen molar-refractivity contribution in [3.8, 4) is 11.8 Å². The number of β-amino-alcohol motifs (C(OH)–C–C–N with tert-alkyl or cyclic N) is 1. The van der Waals surface area contributed by atoms with Crippen LogP contribution in [0.3, 0.4) is 0 Å². The van der Waals surface area contributed by atoms with Crippen LogP contribution in [0.1, 0.15) is 5.56 Å². The van der Waals surface area contributed by atoms with E-state index in [0.717, 1.165) is 6.07 Å². The zero-order chi connectivity index (χ0) is 13.2. The van der Waals surface area contributed by atoms with Crippen molar-refractivity contribution in [1.82, 2.24) is 5.32 Å². The van der Waals surface area contributed by atoms with Crippen molar-refractivity contribution < 1.29 is 19.3 Å². The topological polar surface area (TPSA) is 85.5 Å². The molecule has 1 aliphatic rings. The molecule has 5 nitrogen and oxygen atoms in total. The lowest BCUT2D eigenvalue weighted by Gasteiger charge is -2.27. The number of halogens is 1. The van der Waals surface area contributed by atoms with Crippen molar-refractivity contribution in [3.63, 3.8) is 0 Å². The Labute approximate surface area is 103 Å². The van der Waals surface area contributed by atoms with Crippen LogP contribution in [-0.2, 0) is 0 Å². The summed E-state index contributed by atoms with van der Waals surface area (Å²) in [7, 11) is 0. The molecule has 18 heavy (non-hydrogen) atoms. The first-order valence-electron chi connectivity index (χ1n) is 5.49. The summed E-state index contributed by atoms with van der Waals surface area (Å²) in [5.74, 6) is -0.458. The van der Waals surface area contributed by atoms with Crippen LogP contribution in [0, 0.1) is 17.1 Å². The van der Waals surface area contributed by atoms with Crippen molar-refractivity contribution in [1.29, 1.82) is 5.26 Å². The third-order valence-electron chi connectivity index (χ3n) is 2.97. The molecule has 2 rings (SSSR count). The van der Waals surface area contributed by atoms with Gasteiger partial charge >= 0.3 is 0 Å². The van der Waals surface area contributed by atoms with Crippen LogP contribution < -0.4 is 10.1 Å². The van der Waals surface area contributed by atoms with Crippen LogP contribution >= 0.6 is 0 Å². The molecule has 0 aromatic heterocycles. The van der Waals surface area contributed by atoms with E-state index in [-0.39, 0.29) is 17.9 Å². The summed E-state index contributed by atoms with van der Waals surface area (Å²) in [4.78, 5) is 0. The lowest BCUT2D eigenvalue weighted by atomic mass is 10.0. The van der Waals surface area contributed by atoms with Crippen LogP contribution in [0.5, 0.6) is 5.75 Å². The number of hydrogen-bond donors (Lipinski definition) is 3. The van der Waals surface area contributed by atoms with Gasteiger partial charge in [-0.05, 0) is 12.1 Å². The molecule has 1 aromatic rings. The fourth-order valence-electron chi connectivity index (χ4n) is 1.86. The highest BCUT2D eigenvalue weighted by atomic mass is 19.1. The van der Waals surface area contributed by atoms with Crippen molar-refractivity contribution in [2.24, 2.45) is 0 Å². The number of hydrogen-bond acceptors (Lipinski definition) is 5. The normalized spacial score (nSPS) is 26.9. The molecule has 0 aliphatic carbocycles. The molecule has 1 aliphatic heterocycles. The highest BCUT2D eigenvalue weighted by Gasteiger charge is 2.42. The SMILES string of the molecule is N#Cc1ccc(O[C@H]2CNC[C@]2(O)CO)cc1F. The number of benzene rings is 1. The number of aliphatic hydroxyl groups excluding tert-OH is 1. The van der Waals surface area contributed by atoms with Crippen molar-refractivity contribution in [2.45, 2.75) is 11.7 Å². The molecule has 0 bridgehead atoms. The van der Waals surface area contributed by atoms with Gasteiger partial charge in [0, 0.05) is 19.2 Å². The second-order valence-electron chi connectivity index (χ2n) is 4.25. The minimum Gasteiger partial charge on any atom is -0.486 e. The van der Waals surface area contributed by atoms with Gasteiger partial charge in [0.2, 0.25) is 0 Å². The number of nitrogens with zero attached hydrogens (tertiary/aromatic N) is 1. The summed E-state index contributed by atoms with van der Waals surface area (Å²) in [5, 5.41) is 30.6. The van der Waals surface area contributed by atoms with Crippen LogP contribution in [0.4, 0.5) is 4.39 Å². The molecule has 96 valence electrons. The maximum atomic E-state index is 13.4. The average molecular weight is 252 g/mol. The highest BCUT2D eigenvalue weighted by Crippen LogP contribution is 2.23. The monoisotopic (exact) mass is 252 g/mol. The average Bonchev–Trinajstić information content (AvgIpc) is 2.72. The smallest absolute Gasteiger partial charge is 0.144 e. The van der Waals surface area contributed by atoms with E-state index in [2.05, 4.69) is 5.32 Å². The number of nitriles is 1. The van der Waals surface area contributed by atoms with Crippen LogP contribution in [-0.4, -0.2) is 41.6 Å². The molecular formula is C12H13FN2O3. The maximum absolute atomic E-state index is 13.4. The Hall–Kier alpha value is -1.68. The van der Waals surface area contributed by atoms with E-state index in [4.69, 9.17) is 15.1 Å². The Morgan fingerprint density at radius 2 is 2.39 bits per heavy atom. The fraction of sp³-hybridized carbons (Fsp3) is 0.417. The highest BCUT2D eigenvalue weighted by molar-refractivity contribution is 5.36. The summed E-state index contributed by atoms with van der Waals surface area (Å²) in [5.41, 5.74) is -1.44. The van der Waals surface area contributed by atoms with E-state index in [1.54, 1.807) is 6.07 Å². The Bertz CT molecular complexity index is 489. The number of nitrogens with one attached hydrogen (secondary N) is 1. The van der Waals surface area contributed by atoms with Crippen molar-refractivity contribution in [2.75, 3.05) is 19.7 Å². The molecule has 0 amide bonds. The first-order chi connectivity index (χ1) is 8.59. The molecule has 0 saturated carbocycles. The van der Waals surface area contributed by atoms with Crippen LogP contribution in [0.2, 0.25) is 0 Å². The third-order valence-corrected chi connectivity index (χ3v) is 2.97. The van der Waals surface area contributed by atoms with Gasteiger partial charge in [0.1, 0.15) is 29.3 Å². The predicted molar refractivity (Wildman–Crippen MR) is 60.4 cm³/mol. The van der Waals surface area contributed by atoms with Gasteiger partial charge in [-0.15, -0.1) is 0 Å². The number of aliphatic hydroxyl groups is 2. The molecule has 0 spiro atoms. The number of rotatable bonds is 3. The van der Waals surface area contributed by atoms with Gasteiger partial charge < -0.3 is 20.3 Å². The third kappa shape index (κ3) is 2.29. The van der Waals surface area contributed by atoms with E-state index >= 15 is 0 Å². The molecule has 0 unspecified atom stereocenters. The molecular weight excluding hydrogens is 239 g/mol. The Balaban J connectivity index is 2.15. The van der Waals surface area contributed by atoms with Crippen LogP contribution in [0.25, 0.3) is 0 Å². The summed E-state index contributed by atoms with van der Waals surface area (Å²) < 4.78 is 18.8. The van der Waals surface area contributed by atoms with E-state index in [0.29, 0.717) is 6.54 Å². The molecule has 3 N–H and O–H groups in total. The van der Waals surface area contributed by atoms with Gasteiger partial charge in [0.15, 0.2) is 0 Å². The van der Waals surface area contributed by atoms with E-state index < -0.39 is 24.1 Å². The Morgan fingerprint density at radius 1 is 1.61 bits per heavy atom. The molecule has 2 atom stereocenters. The summed E-state index contributed by atoms with van der Waals surface area (Å²) in [6.45, 7) is 0.134. The van der Waals surface area contributed by atoms with Gasteiger partial charge in [0.25, 0.3) is 0 Å². The lowest BCUT2D eigenvalue weighted by Crippen LogP contribution is -2.48. The maximum Gasteiger partial charge on any atom is 0.144 e. The fourth-order valence-corrected chi connectivity index (χ4v) is 1.86. The van der Waals surface area contributed by atoms with Gasteiger partial charge in [-0.25, -0.2) is 4.39 Å². The first-order valence-corrected chi connectivity index (χ1v) is 5.49. The van der Waals surface area contributed by atoms with Crippen molar-refractivity contribution >= 4 is 0 Å². The van der Waals surface area contributed by atoms with Crippen LogP contribution in [0.15, 0.2) is 18.2 Å². The van der Waals surface area contributed by atoms with Crippen molar-refractivity contribution in [3.05, 3.63) is 29.6 Å². The standard InChI is InChI=1S/C12H13FN2O3/c13-10-3-9(2-1-8(10)4-14)18-11-5-15-6-12(11,17)7-16/h1-3,11,15-17H,5-7H2/t11-,12-/m0/s1. The Kier molecular flexibility index (Phi) is 3.48. The minimum atomic E-state index is -1.37.